The molecule has 0 saturated carbocycles. The van der Waals surface area contributed by atoms with Gasteiger partial charge < -0.3 is 20.1 Å². The molecule has 5 nitrogen and oxygen atoms in total. The Balaban J connectivity index is 2.14. The van der Waals surface area contributed by atoms with E-state index in [1.807, 2.05) is 24.4 Å². The van der Waals surface area contributed by atoms with Crippen molar-refractivity contribution >= 4 is 16.8 Å². The number of methoxy groups -OCH3 is 1. The fraction of sp³-hybridized carbons (Fsp3) is 0.357. The standard InChI is InChI=1S/C14H18N2O3/c1-9(17)7-16-14(18)5-10-8-15-13-4-3-11(19-2)6-12(10)13/h3-4,6,8-9,15,17H,5,7H2,1-2H3,(H,16,18). The third-order valence-electron chi connectivity index (χ3n) is 2.92. The largest absolute Gasteiger partial charge is 0.497 e. The number of hydrogen-bond donors (Lipinski definition) is 3. The molecule has 2 aromatic rings. The Hall–Kier alpha value is -2.01. The first-order valence-electron chi connectivity index (χ1n) is 6.19. The number of aromatic nitrogens is 1. The van der Waals surface area contributed by atoms with Gasteiger partial charge in [0.15, 0.2) is 0 Å². The molecule has 1 aromatic heterocycles. The molecule has 1 atom stereocenters. The van der Waals surface area contributed by atoms with E-state index in [0.717, 1.165) is 22.2 Å². The van der Waals surface area contributed by atoms with Gasteiger partial charge in [0, 0.05) is 23.6 Å². The molecule has 19 heavy (non-hydrogen) atoms. The number of benzene rings is 1. The lowest BCUT2D eigenvalue weighted by Crippen LogP contribution is -2.31. The average molecular weight is 262 g/mol. The highest BCUT2D eigenvalue weighted by Gasteiger charge is 2.10. The van der Waals surface area contributed by atoms with Crippen LogP contribution in [0.3, 0.4) is 0 Å². The van der Waals surface area contributed by atoms with Crippen LogP contribution < -0.4 is 10.1 Å². The Morgan fingerprint density at radius 1 is 1.53 bits per heavy atom. The summed E-state index contributed by atoms with van der Waals surface area (Å²) in [6.45, 7) is 1.90. The summed E-state index contributed by atoms with van der Waals surface area (Å²) in [4.78, 5) is 14.9. The van der Waals surface area contributed by atoms with Gasteiger partial charge in [-0.1, -0.05) is 0 Å². The first kappa shape index (κ1) is 13.4. The van der Waals surface area contributed by atoms with Gasteiger partial charge in [-0.15, -0.1) is 0 Å². The van der Waals surface area contributed by atoms with Crippen LogP contribution in [0.4, 0.5) is 0 Å². The van der Waals surface area contributed by atoms with E-state index < -0.39 is 6.10 Å². The Morgan fingerprint density at radius 3 is 3.00 bits per heavy atom. The predicted octanol–water partition coefficient (Wildman–Crippen LogP) is 1.22. The van der Waals surface area contributed by atoms with Crippen molar-refractivity contribution in [2.45, 2.75) is 19.4 Å². The predicted molar refractivity (Wildman–Crippen MR) is 73.2 cm³/mol. The molecule has 3 N–H and O–H groups in total. The summed E-state index contributed by atoms with van der Waals surface area (Å²) in [5.41, 5.74) is 1.89. The van der Waals surface area contributed by atoms with Crippen LogP contribution in [-0.2, 0) is 11.2 Å². The summed E-state index contributed by atoms with van der Waals surface area (Å²) in [7, 11) is 1.61. The van der Waals surface area contributed by atoms with E-state index in [-0.39, 0.29) is 18.9 Å². The number of carbonyl (C=O) groups is 1. The first-order valence-corrected chi connectivity index (χ1v) is 6.19. The van der Waals surface area contributed by atoms with Crippen LogP contribution in [0.25, 0.3) is 10.9 Å². The zero-order chi connectivity index (χ0) is 13.8. The molecule has 5 heteroatoms. The van der Waals surface area contributed by atoms with Gasteiger partial charge in [-0.2, -0.15) is 0 Å². The van der Waals surface area contributed by atoms with Crippen molar-refractivity contribution in [2.24, 2.45) is 0 Å². The maximum atomic E-state index is 11.7. The summed E-state index contributed by atoms with van der Waals surface area (Å²) in [5, 5.41) is 12.8. The van der Waals surface area contributed by atoms with Crippen LogP contribution in [0.15, 0.2) is 24.4 Å². The Bertz CT molecular complexity index is 575. The summed E-state index contributed by atoms with van der Waals surface area (Å²) >= 11 is 0. The van der Waals surface area contributed by atoms with Crippen molar-refractivity contribution in [3.8, 4) is 5.75 Å². The Kier molecular flexibility index (Phi) is 4.06. The summed E-state index contributed by atoms with van der Waals surface area (Å²) in [6.07, 6.45) is 1.57. The van der Waals surface area contributed by atoms with E-state index in [9.17, 15) is 4.79 Å². The van der Waals surface area contributed by atoms with E-state index in [0.29, 0.717) is 0 Å². The molecule has 1 amide bonds. The molecule has 0 spiro atoms. The van der Waals surface area contributed by atoms with Crippen LogP contribution >= 0.6 is 0 Å². The van der Waals surface area contributed by atoms with Crippen LogP contribution in [0, 0.1) is 0 Å². The molecule has 1 heterocycles. The summed E-state index contributed by atoms with van der Waals surface area (Å²) < 4.78 is 5.18. The quantitative estimate of drug-likeness (QED) is 0.758. The molecule has 0 aliphatic carbocycles. The average Bonchev–Trinajstić information content (AvgIpc) is 2.79. The normalized spacial score (nSPS) is 12.4. The van der Waals surface area contributed by atoms with Crippen LogP contribution in [0.5, 0.6) is 5.75 Å². The second-order valence-electron chi connectivity index (χ2n) is 4.56. The zero-order valence-corrected chi connectivity index (χ0v) is 11.1. The Labute approximate surface area is 111 Å². The third kappa shape index (κ3) is 3.26. The van der Waals surface area contributed by atoms with Crippen LogP contribution in [-0.4, -0.2) is 35.8 Å². The first-order chi connectivity index (χ1) is 9.10. The van der Waals surface area contributed by atoms with Crippen molar-refractivity contribution in [1.29, 1.82) is 0 Å². The lowest BCUT2D eigenvalue weighted by atomic mass is 10.1. The van der Waals surface area contributed by atoms with Gasteiger partial charge >= 0.3 is 0 Å². The van der Waals surface area contributed by atoms with Gasteiger partial charge in [0.25, 0.3) is 0 Å². The number of nitrogens with one attached hydrogen (secondary N) is 2. The molecular weight excluding hydrogens is 244 g/mol. The molecule has 2 rings (SSSR count). The molecule has 0 bridgehead atoms. The molecule has 0 saturated heterocycles. The Morgan fingerprint density at radius 2 is 2.32 bits per heavy atom. The van der Waals surface area contributed by atoms with Gasteiger partial charge in [0.1, 0.15) is 5.75 Å². The SMILES string of the molecule is COc1ccc2[nH]cc(CC(=O)NCC(C)O)c2c1. The maximum absolute atomic E-state index is 11.7. The third-order valence-corrected chi connectivity index (χ3v) is 2.92. The van der Waals surface area contributed by atoms with Crippen molar-refractivity contribution in [3.05, 3.63) is 30.0 Å². The fourth-order valence-electron chi connectivity index (χ4n) is 1.93. The highest BCUT2D eigenvalue weighted by molar-refractivity contribution is 5.89. The maximum Gasteiger partial charge on any atom is 0.224 e. The minimum atomic E-state index is -0.535. The fourth-order valence-corrected chi connectivity index (χ4v) is 1.93. The topological polar surface area (TPSA) is 74.4 Å². The lowest BCUT2D eigenvalue weighted by molar-refractivity contribution is -0.120. The number of aromatic amines is 1. The monoisotopic (exact) mass is 262 g/mol. The number of aliphatic hydroxyl groups excluding tert-OH is 1. The van der Waals surface area contributed by atoms with Gasteiger partial charge in [0.2, 0.25) is 5.91 Å². The molecular formula is C14H18N2O3. The number of amides is 1. The smallest absolute Gasteiger partial charge is 0.224 e. The summed E-state index contributed by atoms with van der Waals surface area (Å²) in [6, 6.07) is 5.70. The number of hydrogen-bond acceptors (Lipinski definition) is 3. The highest BCUT2D eigenvalue weighted by atomic mass is 16.5. The van der Waals surface area contributed by atoms with Crippen molar-refractivity contribution in [1.82, 2.24) is 10.3 Å². The second kappa shape index (κ2) is 5.75. The van der Waals surface area contributed by atoms with Crippen molar-refractivity contribution < 1.29 is 14.6 Å². The zero-order valence-electron chi connectivity index (χ0n) is 11.1. The highest BCUT2D eigenvalue weighted by Crippen LogP contribution is 2.23. The van der Waals surface area contributed by atoms with E-state index in [1.54, 1.807) is 14.0 Å². The number of fused-ring (bicyclic) bond motifs is 1. The lowest BCUT2D eigenvalue weighted by Gasteiger charge is -2.06. The van der Waals surface area contributed by atoms with Gasteiger partial charge in [0.05, 0.1) is 19.6 Å². The minimum absolute atomic E-state index is 0.107. The van der Waals surface area contributed by atoms with Gasteiger partial charge in [-0.25, -0.2) is 0 Å². The van der Waals surface area contributed by atoms with E-state index in [1.165, 1.54) is 0 Å². The number of ether oxygens (including phenoxy) is 1. The molecule has 1 unspecified atom stereocenters. The molecule has 102 valence electrons. The minimum Gasteiger partial charge on any atom is -0.497 e. The van der Waals surface area contributed by atoms with Crippen molar-refractivity contribution in [2.75, 3.05) is 13.7 Å². The van der Waals surface area contributed by atoms with E-state index >= 15 is 0 Å². The molecule has 0 radical (unpaired) electrons. The molecule has 0 aliphatic heterocycles. The van der Waals surface area contributed by atoms with Gasteiger partial charge in [-0.05, 0) is 30.7 Å². The number of rotatable bonds is 5. The molecule has 1 aromatic carbocycles. The summed E-state index contributed by atoms with van der Waals surface area (Å²) in [5.74, 6) is 0.655. The number of aliphatic hydroxyl groups is 1. The molecule has 0 fully saturated rings. The molecule has 0 aliphatic rings. The number of H-pyrrole nitrogens is 1. The van der Waals surface area contributed by atoms with E-state index in [2.05, 4.69) is 10.3 Å². The van der Waals surface area contributed by atoms with Crippen molar-refractivity contribution in [3.63, 3.8) is 0 Å². The second-order valence-corrected chi connectivity index (χ2v) is 4.56. The van der Waals surface area contributed by atoms with Crippen LogP contribution in [0.2, 0.25) is 0 Å². The van der Waals surface area contributed by atoms with Gasteiger partial charge in [-0.3, -0.25) is 4.79 Å². The number of carbonyl (C=O) groups excluding carboxylic acids is 1. The van der Waals surface area contributed by atoms with Crippen LogP contribution in [0.1, 0.15) is 12.5 Å². The van der Waals surface area contributed by atoms with E-state index in [4.69, 9.17) is 9.84 Å².